The summed E-state index contributed by atoms with van der Waals surface area (Å²) in [6.07, 6.45) is 1.27. The maximum absolute atomic E-state index is 6.39. The van der Waals surface area contributed by atoms with Gasteiger partial charge in [-0.05, 0) is 40.7 Å². The highest BCUT2D eigenvalue weighted by atomic mass is 79.9. The molecule has 17 heavy (non-hydrogen) atoms. The third-order valence-corrected chi connectivity index (χ3v) is 4.59. The molecular weight excluding hydrogens is 274 g/mol. The first-order chi connectivity index (χ1) is 8.18. The van der Waals surface area contributed by atoms with Gasteiger partial charge in [-0.25, -0.2) is 0 Å². The van der Waals surface area contributed by atoms with E-state index in [9.17, 15) is 0 Å². The highest BCUT2D eigenvalue weighted by Crippen LogP contribution is 2.47. The second-order valence-corrected chi connectivity index (χ2v) is 5.94. The molecule has 1 saturated carbocycles. The fraction of sp³-hybridized carbons (Fsp3) is 0.333. The third-order valence-electron chi connectivity index (χ3n) is 3.90. The second-order valence-electron chi connectivity index (χ2n) is 5.08. The van der Waals surface area contributed by atoms with Crippen LogP contribution in [0.1, 0.15) is 24.9 Å². The summed E-state index contributed by atoms with van der Waals surface area (Å²) in [5.74, 6) is 1.45. The molecule has 1 aliphatic rings. The monoisotopic (exact) mass is 289 g/mol. The lowest BCUT2D eigenvalue weighted by molar-refractivity contribution is 0.597. The van der Waals surface area contributed by atoms with E-state index in [0.717, 1.165) is 10.4 Å². The van der Waals surface area contributed by atoms with Crippen LogP contribution in [0.25, 0.3) is 10.8 Å². The predicted octanol–water partition coefficient (Wildman–Crippen LogP) is 4.26. The van der Waals surface area contributed by atoms with E-state index in [2.05, 4.69) is 59.3 Å². The number of hydrogen-bond acceptors (Lipinski definition) is 1. The SMILES string of the molecule is CC1CC1C(N)c1ccc(Br)c2ccccc12. The Labute approximate surface area is 110 Å². The van der Waals surface area contributed by atoms with E-state index in [1.54, 1.807) is 0 Å². The summed E-state index contributed by atoms with van der Waals surface area (Å²) in [4.78, 5) is 0. The van der Waals surface area contributed by atoms with Crippen LogP contribution in [-0.4, -0.2) is 0 Å². The summed E-state index contributed by atoms with van der Waals surface area (Å²) in [6.45, 7) is 2.28. The van der Waals surface area contributed by atoms with Gasteiger partial charge in [0.1, 0.15) is 0 Å². The van der Waals surface area contributed by atoms with Crippen LogP contribution in [0.15, 0.2) is 40.9 Å². The lowest BCUT2D eigenvalue weighted by Crippen LogP contribution is -2.13. The molecule has 3 unspecified atom stereocenters. The molecule has 1 fully saturated rings. The van der Waals surface area contributed by atoms with E-state index in [1.165, 1.54) is 22.8 Å². The highest BCUT2D eigenvalue weighted by molar-refractivity contribution is 9.10. The molecule has 0 bridgehead atoms. The van der Waals surface area contributed by atoms with Crippen LogP contribution in [0, 0.1) is 11.8 Å². The molecule has 0 amide bonds. The third kappa shape index (κ3) is 1.90. The van der Waals surface area contributed by atoms with Gasteiger partial charge in [0.25, 0.3) is 0 Å². The van der Waals surface area contributed by atoms with E-state index in [1.807, 2.05) is 0 Å². The van der Waals surface area contributed by atoms with Crippen LogP contribution >= 0.6 is 15.9 Å². The summed E-state index contributed by atoms with van der Waals surface area (Å²) in [5.41, 5.74) is 7.68. The first-order valence-electron chi connectivity index (χ1n) is 6.11. The Kier molecular flexibility index (Phi) is 2.72. The van der Waals surface area contributed by atoms with E-state index in [0.29, 0.717) is 5.92 Å². The largest absolute Gasteiger partial charge is 0.324 e. The maximum atomic E-state index is 6.39. The summed E-state index contributed by atoms with van der Waals surface area (Å²) < 4.78 is 1.15. The van der Waals surface area contributed by atoms with Gasteiger partial charge in [0, 0.05) is 10.5 Å². The average Bonchev–Trinajstić information content (AvgIpc) is 3.07. The van der Waals surface area contributed by atoms with Crippen LogP contribution < -0.4 is 5.73 Å². The van der Waals surface area contributed by atoms with Crippen LogP contribution in [0.5, 0.6) is 0 Å². The zero-order chi connectivity index (χ0) is 12.0. The van der Waals surface area contributed by atoms with Gasteiger partial charge in [-0.15, -0.1) is 0 Å². The van der Waals surface area contributed by atoms with Gasteiger partial charge < -0.3 is 5.73 Å². The van der Waals surface area contributed by atoms with Gasteiger partial charge in [-0.2, -0.15) is 0 Å². The van der Waals surface area contributed by atoms with Crippen LogP contribution in [0.4, 0.5) is 0 Å². The molecule has 0 radical (unpaired) electrons. The molecule has 1 nitrogen and oxygen atoms in total. The van der Waals surface area contributed by atoms with Crippen LogP contribution in [0.3, 0.4) is 0 Å². The number of rotatable bonds is 2. The number of hydrogen-bond donors (Lipinski definition) is 1. The topological polar surface area (TPSA) is 26.0 Å². The first kappa shape index (κ1) is 11.2. The Hall–Kier alpha value is -0.860. The minimum absolute atomic E-state index is 0.183. The molecule has 0 saturated heterocycles. The standard InChI is InChI=1S/C15H16BrN/c1-9-8-13(9)15(17)12-6-7-14(16)11-5-3-2-4-10(11)12/h2-7,9,13,15H,8,17H2,1H3. The molecule has 0 spiro atoms. The van der Waals surface area contributed by atoms with Crippen molar-refractivity contribution in [2.45, 2.75) is 19.4 Å². The van der Waals surface area contributed by atoms with Crippen molar-refractivity contribution in [2.75, 3.05) is 0 Å². The molecule has 2 aromatic carbocycles. The Morgan fingerprint density at radius 1 is 1.18 bits per heavy atom. The highest BCUT2D eigenvalue weighted by Gasteiger charge is 2.38. The Bertz CT molecular complexity index is 564. The van der Waals surface area contributed by atoms with Crippen molar-refractivity contribution in [1.29, 1.82) is 0 Å². The van der Waals surface area contributed by atoms with Crippen molar-refractivity contribution in [3.63, 3.8) is 0 Å². The van der Waals surface area contributed by atoms with Crippen LogP contribution in [-0.2, 0) is 0 Å². The van der Waals surface area contributed by atoms with Gasteiger partial charge in [0.15, 0.2) is 0 Å². The van der Waals surface area contributed by atoms with Crippen molar-refractivity contribution in [3.05, 3.63) is 46.4 Å². The van der Waals surface area contributed by atoms with Gasteiger partial charge in [0.05, 0.1) is 0 Å². The molecule has 88 valence electrons. The molecule has 0 heterocycles. The molecule has 0 aliphatic heterocycles. The number of fused-ring (bicyclic) bond motifs is 1. The minimum Gasteiger partial charge on any atom is -0.324 e. The molecule has 3 atom stereocenters. The van der Waals surface area contributed by atoms with E-state index in [-0.39, 0.29) is 6.04 Å². The quantitative estimate of drug-likeness (QED) is 0.878. The van der Waals surface area contributed by atoms with Crippen molar-refractivity contribution in [1.82, 2.24) is 0 Å². The van der Waals surface area contributed by atoms with Crippen molar-refractivity contribution in [2.24, 2.45) is 17.6 Å². The molecule has 2 heteroatoms. The lowest BCUT2D eigenvalue weighted by atomic mass is 9.96. The summed E-state index contributed by atoms with van der Waals surface area (Å²) >= 11 is 3.60. The fourth-order valence-electron chi connectivity index (χ4n) is 2.66. The van der Waals surface area contributed by atoms with Gasteiger partial charge >= 0.3 is 0 Å². The molecule has 1 aliphatic carbocycles. The average molecular weight is 290 g/mol. The second kappa shape index (κ2) is 4.11. The van der Waals surface area contributed by atoms with E-state index >= 15 is 0 Å². The number of halogens is 1. The molecule has 2 N–H and O–H groups in total. The van der Waals surface area contributed by atoms with Crippen LogP contribution in [0.2, 0.25) is 0 Å². The summed E-state index contributed by atoms with van der Waals surface area (Å²) in [6, 6.07) is 12.9. The Balaban J connectivity index is 2.13. The molecular formula is C15H16BrN. The lowest BCUT2D eigenvalue weighted by Gasteiger charge is -2.15. The van der Waals surface area contributed by atoms with E-state index in [4.69, 9.17) is 5.73 Å². The zero-order valence-electron chi connectivity index (χ0n) is 9.86. The predicted molar refractivity (Wildman–Crippen MR) is 75.8 cm³/mol. The van der Waals surface area contributed by atoms with Crippen molar-refractivity contribution in [3.8, 4) is 0 Å². The normalized spacial score (nSPS) is 24.9. The van der Waals surface area contributed by atoms with Gasteiger partial charge in [-0.3, -0.25) is 0 Å². The smallest absolute Gasteiger partial charge is 0.0332 e. The molecule has 2 aromatic rings. The van der Waals surface area contributed by atoms with Crippen molar-refractivity contribution < 1.29 is 0 Å². The summed E-state index contributed by atoms with van der Waals surface area (Å²) in [5, 5.41) is 2.54. The number of nitrogens with two attached hydrogens (primary N) is 1. The van der Waals surface area contributed by atoms with Crippen molar-refractivity contribution >= 4 is 26.7 Å². The molecule has 3 rings (SSSR count). The number of benzene rings is 2. The fourth-order valence-corrected chi connectivity index (χ4v) is 3.14. The minimum atomic E-state index is 0.183. The Morgan fingerprint density at radius 2 is 1.82 bits per heavy atom. The van der Waals surface area contributed by atoms with Gasteiger partial charge in [0.2, 0.25) is 0 Å². The van der Waals surface area contributed by atoms with E-state index < -0.39 is 0 Å². The zero-order valence-corrected chi connectivity index (χ0v) is 11.4. The first-order valence-corrected chi connectivity index (χ1v) is 6.90. The van der Waals surface area contributed by atoms with Gasteiger partial charge in [-0.1, -0.05) is 53.2 Å². The maximum Gasteiger partial charge on any atom is 0.0332 e. The summed E-state index contributed by atoms with van der Waals surface area (Å²) in [7, 11) is 0. The Morgan fingerprint density at radius 3 is 2.47 bits per heavy atom. The molecule has 0 aromatic heterocycles.